The van der Waals surface area contributed by atoms with Crippen molar-refractivity contribution in [3.05, 3.63) is 0 Å². The SMILES string of the molecule is CC(C)CNC1CC(C(C)O)CN(C(=O)CC(C)C)C1. The van der Waals surface area contributed by atoms with Gasteiger partial charge in [0.05, 0.1) is 6.10 Å². The number of carbonyl (C=O) groups is 1. The Kier molecular flexibility index (Phi) is 6.96. The molecule has 3 unspecified atom stereocenters. The Hall–Kier alpha value is -0.610. The molecule has 4 nitrogen and oxygen atoms in total. The van der Waals surface area contributed by atoms with Crippen LogP contribution in [0.5, 0.6) is 0 Å². The van der Waals surface area contributed by atoms with Gasteiger partial charge in [-0.05, 0) is 31.7 Å². The largest absolute Gasteiger partial charge is 0.393 e. The summed E-state index contributed by atoms with van der Waals surface area (Å²) in [5, 5.41) is 13.4. The zero-order valence-electron chi connectivity index (χ0n) is 13.7. The molecule has 0 radical (unpaired) electrons. The molecule has 0 aromatic rings. The second kappa shape index (κ2) is 7.99. The number of nitrogens with zero attached hydrogens (tertiary/aromatic N) is 1. The van der Waals surface area contributed by atoms with Crippen molar-refractivity contribution in [2.45, 2.75) is 59.6 Å². The van der Waals surface area contributed by atoms with E-state index in [2.05, 4.69) is 33.0 Å². The number of carbonyl (C=O) groups excluding carboxylic acids is 1. The van der Waals surface area contributed by atoms with Gasteiger partial charge in [0.15, 0.2) is 0 Å². The Labute approximate surface area is 123 Å². The molecule has 0 saturated carbocycles. The highest BCUT2D eigenvalue weighted by atomic mass is 16.3. The molecule has 1 aliphatic heterocycles. The van der Waals surface area contributed by atoms with Crippen LogP contribution in [0.4, 0.5) is 0 Å². The van der Waals surface area contributed by atoms with E-state index in [1.165, 1.54) is 0 Å². The lowest BCUT2D eigenvalue weighted by molar-refractivity contribution is -0.135. The van der Waals surface area contributed by atoms with E-state index in [0.29, 0.717) is 30.8 Å². The first-order chi connectivity index (χ1) is 9.29. The molecule has 0 aliphatic carbocycles. The summed E-state index contributed by atoms with van der Waals surface area (Å²) in [6.07, 6.45) is 1.20. The molecule has 0 spiro atoms. The molecule has 1 rings (SSSR count). The average molecular weight is 284 g/mol. The molecule has 1 aliphatic rings. The molecule has 1 fully saturated rings. The minimum Gasteiger partial charge on any atom is -0.393 e. The molecule has 2 N–H and O–H groups in total. The van der Waals surface area contributed by atoms with Gasteiger partial charge in [0.1, 0.15) is 0 Å². The fourth-order valence-corrected chi connectivity index (χ4v) is 2.72. The van der Waals surface area contributed by atoms with Crippen LogP contribution >= 0.6 is 0 Å². The zero-order chi connectivity index (χ0) is 15.3. The summed E-state index contributed by atoms with van der Waals surface area (Å²) >= 11 is 0. The van der Waals surface area contributed by atoms with Crippen molar-refractivity contribution in [2.75, 3.05) is 19.6 Å². The van der Waals surface area contributed by atoms with Crippen molar-refractivity contribution < 1.29 is 9.90 Å². The van der Waals surface area contributed by atoms with E-state index < -0.39 is 0 Å². The Balaban J connectivity index is 2.62. The van der Waals surface area contributed by atoms with E-state index in [-0.39, 0.29) is 17.9 Å². The van der Waals surface area contributed by atoms with Gasteiger partial charge in [-0.15, -0.1) is 0 Å². The summed E-state index contributed by atoms with van der Waals surface area (Å²) < 4.78 is 0. The van der Waals surface area contributed by atoms with E-state index in [1.807, 2.05) is 11.8 Å². The Morgan fingerprint density at radius 1 is 1.20 bits per heavy atom. The van der Waals surface area contributed by atoms with Crippen LogP contribution in [0.2, 0.25) is 0 Å². The molecular weight excluding hydrogens is 252 g/mol. The van der Waals surface area contributed by atoms with Crippen LogP contribution in [0.1, 0.15) is 47.5 Å². The number of hydrogen-bond donors (Lipinski definition) is 2. The van der Waals surface area contributed by atoms with E-state index in [4.69, 9.17) is 0 Å². The van der Waals surface area contributed by atoms with Crippen LogP contribution in [0.15, 0.2) is 0 Å². The molecule has 0 bridgehead atoms. The van der Waals surface area contributed by atoms with Gasteiger partial charge >= 0.3 is 0 Å². The molecular formula is C16H32N2O2. The normalized spacial score (nSPS) is 25.3. The Bertz CT molecular complexity index is 303. The first-order valence-corrected chi connectivity index (χ1v) is 7.98. The number of amides is 1. The number of rotatable bonds is 6. The molecule has 20 heavy (non-hydrogen) atoms. The van der Waals surface area contributed by atoms with Gasteiger partial charge in [0.2, 0.25) is 5.91 Å². The second-order valence-electron chi connectivity index (χ2n) is 7.13. The van der Waals surface area contributed by atoms with Crippen molar-refractivity contribution in [3.63, 3.8) is 0 Å². The van der Waals surface area contributed by atoms with E-state index in [1.54, 1.807) is 0 Å². The summed E-state index contributed by atoms with van der Waals surface area (Å²) in [4.78, 5) is 14.2. The minimum atomic E-state index is -0.354. The summed E-state index contributed by atoms with van der Waals surface area (Å²) in [5.74, 6) is 1.39. The van der Waals surface area contributed by atoms with E-state index in [9.17, 15) is 9.90 Å². The maximum Gasteiger partial charge on any atom is 0.222 e. The third kappa shape index (κ3) is 5.80. The smallest absolute Gasteiger partial charge is 0.222 e. The number of piperidine rings is 1. The fraction of sp³-hybridized carbons (Fsp3) is 0.938. The van der Waals surface area contributed by atoms with E-state index in [0.717, 1.165) is 19.5 Å². The number of hydrogen-bond acceptors (Lipinski definition) is 3. The molecule has 3 atom stereocenters. The minimum absolute atomic E-state index is 0.185. The Morgan fingerprint density at radius 3 is 2.35 bits per heavy atom. The predicted octanol–water partition coefficient (Wildman–Crippen LogP) is 1.88. The fourth-order valence-electron chi connectivity index (χ4n) is 2.72. The maximum absolute atomic E-state index is 12.3. The highest BCUT2D eigenvalue weighted by Crippen LogP contribution is 2.22. The quantitative estimate of drug-likeness (QED) is 0.783. The van der Waals surface area contributed by atoms with Gasteiger partial charge in [0, 0.05) is 31.5 Å². The molecule has 1 saturated heterocycles. The van der Waals surface area contributed by atoms with Gasteiger partial charge in [-0.25, -0.2) is 0 Å². The lowest BCUT2D eigenvalue weighted by Crippen LogP contribution is -2.53. The van der Waals surface area contributed by atoms with Gasteiger partial charge in [-0.3, -0.25) is 4.79 Å². The van der Waals surface area contributed by atoms with Gasteiger partial charge in [-0.1, -0.05) is 27.7 Å². The number of aliphatic hydroxyl groups is 1. The van der Waals surface area contributed by atoms with Crippen molar-refractivity contribution in [2.24, 2.45) is 17.8 Å². The van der Waals surface area contributed by atoms with Crippen molar-refractivity contribution in [1.82, 2.24) is 10.2 Å². The molecule has 0 aromatic heterocycles. The molecule has 4 heteroatoms. The van der Waals surface area contributed by atoms with Crippen LogP contribution in [0.25, 0.3) is 0 Å². The number of likely N-dealkylation sites (tertiary alicyclic amines) is 1. The monoisotopic (exact) mass is 284 g/mol. The summed E-state index contributed by atoms with van der Waals surface area (Å²) in [6, 6.07) is 0.307. The maximum atomic E-state index is 12.3. The van der Waals surface area contributed by atoms with Crippen LogP contribution in [-0.4, -0.2) is 47.7 Å². The molecule has 118 valence electrons. The lowest BCUT2D eigenvalue weighted by atomic mass is 9.89. The topological polar surface area (TPSA) is 52.6 Å². The first kappa shape index (κ1) is 17.4. The van der Waals surface area contributed by atoms with Crippen molar-refractivity contribution >= 4 is 5.91 Å². The van der Waals surface area contributed by atoms with Crippen LogP contribution in [-0.2, 0) is 4.79 Å². The molecule has 0 aromatic carbocycles. The molecule has 1 amide bonds. The molecule has 1 heterocycles. The highest BCUT2D eigenvalue weighted by molar-refractivity contribution is 5.76. The van der Waals surface area contributed by atoms with Crippen molar-refractivity contribution in [3.8, 4) is 0 Å². The van der Waals surface area contributed by atoms with Gasteiger partial charge in [0.25, 0.3) is 0 Å². The van der Waals surface area contributed by atoms with Crippen molar-refractivity contribution in [1.29, 1.82) is 0 Å². The van der Waals surface area contributed by atoms with Crippen LogP contribution in [0.3, 0.4) is 0 Å². The number of nitrogens with one attached hydrogen (secondary N) is 1. The zero-order valence-corrected chi connectivity index (χ0v) is 13.7. The summed E-state index contributed by atoms with van der Waals surface area (Å²) in [7, 11) is 0. The predicted molar refractivity (Wildman–Crippen MR) is 82.5 cm³/mol. The van der Waals surface area contributed by atoms with Gasteiger partial charge in [-0.2, -0.15) is 0 Å². The third-order valence-corrected chi connectivity index (χ3v) is 3.92. The summed E-state index contributed by atoms with van der Waals surface area (Å²) in [6.45, 7) is 12.8. The Morgan fingerprint density at radius 2 is 1.85 bits per heavy atom. The van der Waals surface area contributed by atoms with E-state index >= 15 is 0 Å². The number of aliphatic hydroxyl groups excluding tert-OH is 1. The van der Waals surface area contributed by atoms with Crippen LogP contribution < -0.4 is 5.32 Å². The summed E-state index contributed by atoms with van der Waals surface area (Å²) in [5.41, 5.74) is 0. The van der Waals surface area contributed by atoms with Crippen LogP contribution in [0, 0.1) is 17.8 Å². The van der Waals surface area contributed by atoms with Gasteiger partial charge < -0.3 is 15.3 Å². The second-order valence-corrected chi connectivity index (χ2v) is 7.13. The standard InChI is InChI=1S/C16H32N2O2/c1-11(2)6-16(20)18-9-14(13(5)19)7-15(10-18)17-8-12(3)4/h11-15,17,19H,6-10H2,1-5H3. The average Bonchev–Trinajstić information content (AvgIpc) is 2.35. The lowest BCUT2D eigenvalue weighted by Gasteiger charge is -2.40. The highest BCUT2D eigenvalue weighted by Gasteiger charge is 2.32. The third-order valence-electron chi connectivity index (χ3n) is 3.92. The first-order valence-electron chi connectivity index (χ1n) is 7.98.